The van der Waals surface area contributed by atoms with Gasteiger partial charge in [0.05, 0.1) is 31.3 Å². The number of nitrogens with one attached hydrogen (secondary N) is 1. The van der Waals surface area contributed by atoms with Crippen molar-refractivity contribution in [3.05, 3.63) is 0 Å². The van der Waals surface area contributed by atoms with Crippen molar-refractivity contribution in [2.45, 2.75) is 263 Å². The minimum absolute atomic E-state index is 0.0420. The van der Waals surface area contributed by atoms with Crippen molar-refractivity contribution in [2.24, 2.45) is 0 Å². The summed E-state index contributed by atoms with van der Waals surface area (Å²) < 4.78 is 0. The summed E-state index contributed by atoms with van der Waals surface area (Å²) in [5.74, 6) is -0.280. The maximum atomic E-state index is 12.4. The van der Waals surface area contributed by atoms with Crippen molar-refractivity contribution >= 4 is 5.91 Å². The molecule has 0 aromatic carbocycles. The highest BCUT2D eigenvalue weighted by molar-refractivity contribution is 5.76. The molecule has 4 N–H and O–H groups in total. The van der Waals surface area contributed by atoms with Crippen LogP contribution in [0.25, 0.3) is 0 Å². The quantitative estimate of drug-likeness (QED) is 0.0485. The Labute approximate surface area is 300 Å². The number of amides is 1. The monoisotopic (exact) mass is 682 g/mol. The van der Waals surface area contributed by atoms with Gasteiger partial charge in [-0.25, -0.2) is 0 Å². The second kappa shape index (κ2) is 39.1. The van der Waals surface area contributed by atoms with Crippen molar-refractivity contribution in [1.29, 1.82) is 0 Å². The van der Waals surface area contributed by atoms with E-state index < -0.39 is 18.2 Å². The summed E-state index contributed by atoms with van der Waals surface area (Å²) >= 11 is 0. The standard InChI is InChI=1S/C43H87NO4/c1-3-5-7-9-11-13-15-16-17-18-19-20-21-22-23-24-25-27-29-31-33-35-37-42(47)41(39-45)44-43(48)38-40(46)36-34-32-30-28-26-14-12-10-8-6-4-2/h40-42,45-47H,3-39H2,1-2H3,(H,44,48). The molecule has 0 rings (SSSR count). The topological polar surface area (TPSA) is 89.8 Å². The molecule has 3 unspecified atom stereocenters. The molecule has 288 valence electrons. The highest BCUT2D eigenvalue weighted by atomic mass is 16.3. The van der Waals surface area contributed by atoms with Crippen LogP contribution in [0.5, 0.6) is 0 Å². The Bertz CT molecular complexity index is 630. The summed E-state index contributed by atoms with van der Waals surface area (Å²) in [7, 11) is 0. The van der Waals surface area contributed by atoms with Gasteiger partial charge in [-0.15, -0.1) is 0 Å². The summed E-state index contributed by atoms with van der Waals surface area (Å²) in [6, 6.07) is -0.651. The van der Waals surface area contributed by atoms with E-state index in [1.165, 1.54) is 186 Å². The molecule has 0 radical (unpaired) electrons. The Balaban J connectivity index is 3.54. The Morgan fingerprint density at radius 2 is 0.708 bits per heavy atom. The van der Waals surface area contributed by atoms with Gasteiger partial charge < -0.3 is 20.6 Å². The molecule has 0 aliphatic heterocycles. The van der Waals surface area contributed by atoms with Crippen molar-refractivity contribution in [3.63, 3.8) is 0 Å². The molecular weight excluding hydrogens is 594 g/mol. The Kier molecular flexibility index (Phi) is 38.6. The summed E-state index contributed by atoms with van der Waals surface area (Å²) in [4.78, 5) is 12.4. The summed E-state index contributed by atoms with van der Waals surface area (Å²) in [6.07, 6.45) is 43.6. The number of hydrogen-bond donors (Lipinski definition) is 4. The van der Waals surface area contributed by atoms with Crippen LogP contribution in [0, 0.1) is 0 Å². The van der Waals surface area contributed by atoms with Gasteiger partial charge in [0.2, 0.25) is 5.91 Å². The van der Waals surface area contributed by atoms with Gasteiger partial charge in [-0.3, -0.25) is 4.79 Å². The van der Waals surface area contributed by atoms with E-state index in [0.29, 0.717) is 12.8 Å². The fourth-order valence-electron chi connectivity index (χ4n) is 7.05. The fraction of sp³-hybridized carbons (Fsp3) is 0.977. The van der Waals surface area contributed by atoms with Crippen molar-refractivity contribution in [1.82, 2.24) is 5.32 Å². The third-order valence-corrected chi connectivity index (χ3v) is 10.4. The van der Waals surface area contributed by atoms with E-state index in [9.17, 15) is 20.1 Å². The van der Waals surface area contributed by atoms with Gasteiger partial charge in [0.15, 0.2) is 0 Å². The summed E-state index contributed by atoms with van der Waals surface area (Å²) in [5, 5.41) is 33.3. The van der Waals surface area contributed by atoms with E-state index >= 15 is 0 Å². The molecule has 0 fully saturated rings. The maximum absolute atomic E-state index is 12.4. The van der Waals surface area contributed by atoms with Gasteiger partial charge in [0, 0.05) is 0 Å². The zero-order valence-corrected chi connectivity index (χ0v) is 32.6. The van der Waals surface area contributed by atoms with E-state index in [1.54, 1.807) is 0 Å². The minimum atomic E-state index is -0.743. The average Bonchev–Trinajstić information content (AvgIpc) is 3.08. The van der Waals surface area contributed by atoms with Gasteiger partial charge in [-0.05, 0) is 12.8 Å². The molecule has 0 saturated heterocycles. The summed E-state index contributed by atoms with van der Waals surface area (Å²) in [6.45, 7) is 4.27. The third-order valence-electron chi connectivity index (χ3n) is 10.4. The molecule has 5 heteroatoms. The van der Waals surface area contributed by atoms with E-state index in [4.69, 9.17) is 0 Å². The number of aliphatic hydroxyl groups is 3. The van der Waals surface area contributed by atoms with Crippen LogP contribution < -0.4 is 5.32 Å². The van der Waals surface area contributed by atoms with E-state index in [-0.39, 0.29) is 18.9 Å². The lowest BCUT2D eigenvalue weighted by molar-refractivity contribution is -0.125. The summed E-state index contributed by atoms with van der Waals surface area (Å²) in [5.41, 5.74) is 0. The van der Waals surface area contributed by atoms with Crippen LogP contribution in [0.4, 0.5) is 0 Å². The molecule has 5 nitrogen and oxygen atoms in total. The van der Waals surface area contributed by atoms with Gasteiger partial charge in [0.1, 0.15) is 0 Å². The molecule has 0 bridgehead atoms. The second-order valence-corrected chi connectivity index (χ2v) is 15.3. The predicted molar refractivity (Wildman–Crippen MR) is 209 cm³/mol. The average molecular weight is 682 g/mol. The first-order valence-electron chi connectivity index (χ1n) is 21.8. The second-order valence-electron chi connectivity index (χ2n) is 15.3. The zero-order valence-electron chi connectivity index (χ0n) is 32.6. The van der Waals surface area contributed by atoms with Crippen molar-refractivity contribution < 1.29 is 20.1 Å². The van der Waals surface area contributed by atoms with Crippen LogP contribution in [0.2, 0.25) is 0 Å². The number of unbranched alkanes of at least 4 members (excludes halogenated alkanes) is 31. The first-order valence-corrected chi connectivity index (χ1v) is 21.8. The normalized spacial score (nSPS) is 13.5. The highest BCUT2D eigenvalue weighted by Gasteiger charge is 2.21. The van der Waals surface area contributed by atoms with Gasteiger partial charge in [-0.2, -0.15) is 0 Å². The molecule has 0 saturated carbocycles. The first-order chi connectivity index (χ1) is 23.5. The Morgan fingerprint density at radius 3 is 1.00 bits per heavy atom. The van der Waals surface area contributed by atoms with Crippen LogP contribution >= 0.6 is 0 Å². The lowest BCUT2D eigenvalue weighted by atomic mass is 10.0. The number of carbonyl (C=O) groups is 1. The lowest BCUT2D eigenvalue weighted by Gasteiger charge is -2.23. The third kappa shape index (κ3) is 35.2. The maximum Gasteiger partial charge on any atom is 0.222 e. The first kappa shape index (κ1) is 47.4. The molecule has 1 amide bonds. The number of aliphatic hydroxyl groups excluding tert-OH is 3. The van der Waals surface area contributed by atoms with E-state index in [1.807, 2.05) is 0 Å². The van der Waals surface area contributed by atoms with E-state index in [2.05, 4.69) is 19.2 Å². The zero-order chi connectivity index (χ0) is 35.2. The SMILES string of the molecule is CCCCCCCCCCCCCCCCCCCCCCCCC(O)C(CO)NC(=O)CC(O)CCCCCCCCCCCCC. The molecule has 3 atom stereocenters. The van der Waals surface area contributed by atoms with Crippen LogP contribution in [0.1, 0.15) is 245 Å². The molecular formula is C43H87NO4. The van der Waals surface area contributed by atoms with Crippen LogP contribution in [-0.4, -0.2) is 46.1 Å². The predicted octanol–water partition coefficient (Wildman–Crippen LogP) is 12.3. The fourth-order valence-corrected chi connectivity index (χ4v) is 7.05. The van der Waals surface area contributed by atoms with Crippen LogP contribution in [0.3, 0.4) is 0 Å². The Hall–Kier alpha value is -0.650. The molecule has 0 aliphatic rings. The number of carbonyl (C=O) groups excluding carboxylic acids is 1. The van der Waals surface area contributed by atoms with Gasteiger partial charge in [-0.1, -0.05) is 226 Å². The highest BCUT2D eigenvalue weighted by Crippen LogP contribution is 2.17. The van der Waals surface area contributed by atoms with Crippen LogP contribution in [-0.2, 0) is 4.79 Å². The minimum Gasteiger partial charge on any atom is -0.394 e. The largest absolute Gasteiger partial charge is 0.394 e. The Morgan fingerprint density at radius 1 is 0.438 bits per heavy atom. The van der Waals surface area contributed by atoms with Crippen molar-refractivity contribution in [3.8, 4) is 0 Å². The van der Waals surface area contributed by atoms with Gasteiger partial charge >= 0.3 is 0 Å². The molecule has 48 heavy (non-hydrogen) atoms. The number of hydrogen-bond acceptors (Lipinski definition) is 4. The molecule has 0 aliphatic carbocycles. The molecule has 0 aromatic heterocycles. The van der Waals surface area contributed by atoms with Gasteiger partial charge in [0.25, 0.3) is 0 Å². The van der Waals surface area contributed by atoms with Crippen molar-refractivity contribution in [2.75, 3.05) is 6.61 Å². The smallest absolute Gasteiger partial charge is 0.222 e. The van der Waals surface area contributed by atoms with E-state index in [0.717, 1.165) is 25.7 Å². The molecule has 0 spiro atoms. The number of rotatable bonds is 40. The molecule has 0 aromatic rings. The molecule has 0 heterocycles. The van der Waals surface area contributed by atoms with Crippen LogP contribution in [0.15, 0.2) is 0 Å². The lowest BCUT2D eigenvalue weighted by Crippen LogP contribution is -2.46.